The molecule has 0 heterocycles. The molecule has 1 N–H and O–H groups in total. The molecule has 0 saturated carbocycles. The van der Waals surface area contributed by atoms with E-state index in [9.17, 15) is 9.59 Å². The van der Waals surface area contributed by atoms with Crippen LogP contribution < -0.4 is 0 Å². The van der Waals surface area contributed by atoms with Gasteiger partial charge in [0.1, 0.15) is 0 Å². The summed E-state index contributed by atoms with van der Waals surface area (Å²) < 4.78 is 0. The summed E-state index contributed by atoms with van der Waals surface area (Å²) in [5.74, 6) is -0.259. The van der Waals surface area contributed by atoms with Crippen molar-refractivity contribution >= 4 is 11.9 Å². The Labute approximate surface area is 97.6 Å². The molecule has 0 aliphatic carbocycles. The first kappa shape index (κ1) is 14.9. The predicted molar refractivity (Wildman–Crippen MR) is 63.2 cm³/mol. The number of carboxylic acid groups (broad SMARTS) is 1. The molecule has 0 bridgehead atoms. The van der Waals surface area contributed by atoms with E-state index >= 15 is 0 Å². The van der Waals surface area contributed by atoms with Crippen molar-refractivity contribution < 1.29 is 14.7 Å². The second-order valence-corrected chi connectivity index (χ2v) is 4.19. The van der Waals surface area contributed by atoms with Crippen LogP contribution in [0, 0.1) is 5.92 Å². The molecule has 0 aromatic heterocycles. The molecule has 0 aromatic carbocycles. The third-order valence-corrected chi connectivity index (χ3v) is 2.74. The third-order valence-electron chi connectivity index (χ3n) is 2.74. The molecule has 0 saturated heterocycles. The van der Waals surface area contributed by atoms with Crippen LogP contribution in [0.25, 0.3) is 0 Å². The van der Waals surface area contributed by atoms with E-state index in [1.54, 1.807) is 0 Å². The summed E-state index contributed by atoms with van der Waals surface area (Å²) >= 11 is 0. The lowest BCUT2D eigenvalue weighted by molar-refractivity contribution is -0.137. The zero-order valence-electron chi connectivity index (χ0n) is 10.5. The highest BCUT2D eigenvalue weighted by Gasteiger charge is 2.14. The lowest BCUT2D eigenvalue weighted by atomic mass is 10.1. The van der Waals surface area contributed by atoms with E-state index in [-0.39, 0.29) is 12.3 Å². The highest BCUT2D eigenvalue weighted by atomic mass is 16.4. The minimum atomic E-state index is -0.835. The van der Waals surface area contributed by atoms with Crippen LogP contribution in [0.15, 0.2) is 0 Å². The van der Waals surface area contributed by atoms with E-state index in [0.717, 1.165) is 13.0 Å². The Morgan fingerprint density at radius 3 is 2.31 bits per heavy atom. The molecule has 0 radical (unpaired) electrons. The van der Waals surface area contributed by atoms with Crippen LogP contribution in [-0.4, -0.2) is 35.0 Å². The molecule has 0 fully saturated rings. The zero-order chi connectivity index (χ0) is 12.6. The van der Waals surface area contributed by atoms with Gasteiger partial charge in [0.15, 0.2) is 0 Å². The zero-order valence-corrected chi connectivity index (χ0v) is 10.5. The number of carbonyl (C=O) groups excluding carboxylic acids is 1. The number of aliphatic carboxylic acids is 1. The Morgan fingerprint density at radius 1 is 1.25 bits per heavy atom. The fraction of sp³-hybridized carbons (Fsp3) is 0.833. The maximum absolute atomic E-state index is 11.7. The highest BCUT2D eigenvalue weighted by Crippen LogP contribution is 2.07. The van der Waals surface area contributed by atoms with Crippen molar-refractivity contribution in [3.05, 3.63) is 0 Å². The van der Waals surface area contributed by atoms with Crippen LogP contribution in [0.1, 0.15) is 46.5 Å². The fourth-order valence-corrected chi connectivity index (χ4v) is 1.46. The molecule has 0 aromatic rings. The molecule has 1 atom stereocenters. The number of nitrogens with zero attached hydrogens (tertiary/aromatic N) is 1. The van der Waals surface area contributed by atoms with Crippen molar-refractivity contribution in [2.45, 2.75) is 46.5 Å². The van der Waals surface area contributed by atoms with Crippen LogP contribution in [0.5, 0.6) is 0 Å². The van der Waals surface area contributed by atoms with E-state index in [1.807, 2.05) is 11.8 Å². The van der Waals surface area contributed by atoms with Crippen LogP contribution in [0.2, 0.25) is 0 Å². The van der Waals surface area contributed by atoms with E-state index in [1.165, 1.54) is 0 Å². The lowest BCUT2D eigenvalue weighted by Crippen LogP contribution is -2.34. The number of hydrogen-bond acceptors (Lipinski definition) is 2. The summed E-state index contributed by atoms with van der Waals surface area (Å²) in [6.07, 6.45) is 1.91. The second kappa shape index (κ2) is 8.13. The molecule has 4 heteroatoms. The van der Waals surface area contributed by atoms with Crippen LogP contribution in [0.4, 0.5) is 0 Å². The maximum atomic E-state index is 11.7. The van der Waals surface area contributed by atoms with Gasteiger partial charge in [0.05, 0.1) is 0 Å². The molecule has 0 aliphatic heterocycles. The Kier molecular flexibility index (Phi) is 7.60. The largest absolute Gasteiger partial charge is 0.481 e. The minimum absolute atomic E-state index is 0.0732. The van der Waals surface area contributed by atoms with Gasteiger partial charge in [-0.05, 0) is 19.3 Å². The summed E-state index contributed by atoms with van der Waals surface area (Å²) in [5.41, 5.74) is 0. The Hall–Kier alpha value is -1.06. The van der Waals surface area contributed by atoms with Crippen molar-refractivity contribution in [2.24, 2.45) is 5.92 Å². The third kappa shape index (κ3) is 6.43. The van der Waals surface area contributed by atoms with Gasteiger partial charge in [-0.2, -0.15) is 0 Å². The molecular formula is C12H23NO3. The van der Waals surface area contributed by atoms with Gasteiger partial charge in [-0.15, -0.1) is 0 Å². The van der Waals surface area contributed by atoms with Gasteiger partial charge in [-0.3, -0.25) is 9.59 Å². The topological polar surface area (TPSA) is 57.6 Å². The van der Waals surface area contributed by atoms with Gasteiger partial charge in [-0.25, -0.2) is 0 Å². The Bertz CT molecular complexity index is 228. The molecule has 0 aliphatic rings. The maximum Gasteiger partial charge on any atom is 0.303 e. The minimum Gasteiger partial charge on any atom is -0.481 e. The molecule has 16 heavy (non-hydrogen) atoms. The van der Waals surface area contributed by atoms with E-state index < -0.39 is 5.97 Å². The number of amides is 1. The van der Waals surface area contributed by atoms with Gasteiger partial charge < -0.3 is 10.0 Å². The number of carbonyl (C=O) groups is 2. The molecular weight excluding hydrogens is 206 g/mol. The van der Waals surface area contributed by atoms with Crippen LogP contribution in [-0.2, 0) is 9.59 Å². The average Bonchev–Trinajstić information content (AvgIpc) is 2.24. The fourth-order valence-electron chi connectivity index (χ4n) is 1.46. The smallest absolute Gasteiger partial charge is 0.303 e. The van der Waals surface area contributed by atoms with Crippen molar-refractivity contribution in [3.8, 4) is 0 Å². The van der Waals surface area contributed by atoms with Gasteiger partial charge in [0, 0.05) is 25.9 Å². The number of rotatable bonds is 8. The van der Waals surface area contributed by atoms with Gasteiger partial charge in [0.25, 0.3) is 0 Å². The summed E-state index contributed by atoms with van der Waals surface area (Å²) in [6.45, 7) is 7.66. The summed E-state index contributed by atoms with van der Waals surface area (Å²) in [5, 5.41) is 8.48. The standard InChI is InChI=1S/C12H23NO3/c1-4-10(3)9-13(5-2)11(14)7-6-8-12(15)16/h10H,4-9H2,1-3H3,(H,15,16). The van der Waals surface area contributed by atoms with E-state index in [2.05, 4.69) is 13.8 Å². The molecule has 0 spiro atoms. The Balaban J connectivity index is 3.96. The van der Waals surface area contributed by atoms with E-state index in [0.29, 0.717) is 25.3 Å². The summed E-state index contributed by atoms with van der Waals surface area (Å²) in [7, 11) is 0. The Morgan fingerprint density at radius 2 is 1.88 bits per heavy atom. The first-order valence-electron chi connectivity index (χ1n) is 6.00. The predicted octanol–water partition coefficient (Wildman–Crippen LogP) is 2.14. The first-order chi connectivity index (χ1) is 7.51. The van der Waals surface area contributed by atoms with Crippen molar-refractivity contribution in [1.82, 2.24) is 4.90 Å². The summed E-state index contributed by atoms with van der Waals surface area (Å²) in [6, 6.07) is 0. The van der Waals surface area contributed by atoms with Crippen molar-refractivity contribution in [3.63, 3.8) is 0 Å². The second-order valence-electron chi connectivity index (χ2n) is 4.19. The van der Waals surface area contributed by atoms with Crippen LogP contribution >= 0.6 is 0 Å². The van der Waals surface area contributed by atoms with Gasteiger partial charge in [0.2, 0.25) is 5.91 Å². The highest BCUT2D eigenvalue weighted by molar-refractivity contribution is 5.76. The molecule has 94 valence electrons. The quantitative estimate of drug-likeness (QED) is 0.693. The van der Waals surface area contributed by atoms with Crippen LogP contribution in [0.3, 0.4) is 0 Å². The molecule has 1 amide bonds. The first-order valence-corrected chi connectivity index (χ1v) is 6.00. The monoisotopic (exact) mass is 229 g/mol. The molecule has 1 unspecified atom stereocenters. The number of hydrogen-bond donors (Lipinski definition) is 1. The average molecular weight is 229 g/mol. The lowest BCUT2D eigenvalue weighted by Gasteiger charge is -2.24. The van der Waals surface area contributed by atoms with E-state index in [4.69, 9.17) is 5.11 Å². The molecule has 0 rings (SSSR count). The summed E-state index contributed by atoms with van der Waals surface area (Å²) in [4.78, 5) is 23.9. The number of carboxylic acids is 1. The normalized spacial score (nSPS) is 12.2. The molecule has 4 nitrogen and oxygen atoms in total. The SMILES string of the molecule is CCC(C)CN(CC)C(=O)CCCC(=O)O. The van der Waals surface area contributed by atoms with Gasteiger partial charge in [-0.1, -0.05) is 20.3 Å². The van der Waals surface area contributed by atoms with Gasteiger partial charge >= 0.3 is 5.97 Å². The van der Waals surface area contributed by atoms with Crippen molar-refractivity contribution in [2.75, 3.05) is 13.1 Å². The van der Waals surface area contributed by atoms with Crippen molar-refractivity contribution in [1.29, 1.82) is 0 Å².